The molecular formula is C76H127N5O54. The predicted molar refractivity (Wildman–Crippen MR) is 417 cm³/mol. The van der Waals surface area contributed by atoms with Crippen molar-refractivity contribution in [2.75, 3.05) is 59.5 Å². The van der Waals surface area contributed by atoms with E-state index in [-0.39, 0.29) is 0 Å². The first kappa shape index (κ1) is 111. The topological polar surface area (TPSA) is 906 Å². The smallest absolute Gasteiger partial charge is 0.217 e. The molecule has 0 saturated carbocycles. The molecule has 0 aromatic heterocycles. The third-order valence-corrected chi connectivity index (χ3v) is 24.9. The molecule has 59 heteroatoms. The van der Waals surface area contributed by atoms with E-state index in [1.165, 1.54) is 13.8 Å². The van der Waals surface area contributed by atoms with Gasteiger partial charge in [-0.05, 0) is 13.8 Å². The van der Waals surface area contributed by atoms with Crippen LogP contribution in [0.3, 0.4) is 0 Å². The number of ether oxygens (including phenoxy) is 21. The van der Waals surface area contributed by atoms with Crippen molar-refractivity contribution in [3.8, 4) is 0 Å². The van der Waals surface area contributed by atoms with Crippen LogP contribution in [-0.4, -0.2) is 569 Å². The van der Waals surface area contributed by atoms with E-state index in [0.29, 0.717) is 0 Å². The van der Waals surface area contributed by atoms with Gasteiger partial charge in [-0.25, -0.2) is 0 Å². The second-order valence-corrected chi connectivity index (χ2v) is 34.5. The molecule has 0 aliphatic carbocycles. The highest BCUT2D eigenvalue weighted by molar-refractivity contribution is 5.75. The molecule has 11 rings (SSSR count). The number of hydrogen-bond donors (Lipinski definition) is 33. The molecule has 135 heavy (non-hydrogen) atoms. The SMILES string of the molecule is CC(=O)N[C@@H]1[C@@H](O)[C@H](O[C@@H]2O[C@H](CO)[C@@H](O[C@@H]3O[C@H](CO[C@H]4O[C@H](CO)[C@@H](O)[C@H](O)[C@@H]4O[C@@H]4O[C@H](CO)[C@@H](O[C@@H]5O[C@H](CO)[C@H](O)[C@H](O)[C@H]5O)[C@H](O)[C@H]4NC(C)=O)[C@@H](O)[C@H](O[C@H]4O[C@H](CO)[C@@H](O)[C@H](O)[C@@H]4O[C@@H]4O[C@H](CO)[C@@H](O[C@@H]5O[C@H](CO)[C@H](O)[C@H](O[C@@H]6O[C@@H](C)[C@@H](O)[C@@H](O)[C@@H]6O)[C@H]5NC(C)=O)[C@H](O)[C@H]4NC(C)=O)[C@@H]3O)[C@H](O)[C@H]2NC(C)=O)[C@@H](CO[C@@H]2O[C@@H](C)[C@@H](O)[C@@H](O)[C@@H]2O)O[C@H]1O. The summed E-state index contributed by atoms with van der Waals surface area (Å²) >= 11 is 0. The van der Waals surface area contributed by atoms with E-state index in [4.69, 9.17) is 99.5 Å². The lowest BCUT2D eigenvalue weighted by atomic mass is 9.93. The van der Waals surface area contributed by atoms with Crippen LogP contribution < -0.4 is 26.6 Å². The van der Waals surface area contributed by atoms with Crippen molar-refractivity contribution in [1.29, 1.82) is 0 Å². The maximum absolute atomic E-state index is 13.4. The number of aliphatic hydroxyl groups excluding tert-OH is 28. The molecule has 33 N–H and O–H groups in total. The second kappa shape index (κ2) is 48.2. The van der Waals surface area contributed by atoms with Crippen LogP contribution >= 0.6 is 0 Å². The number of hydrogen-bond acceptors (Lipinski definition) is 54. The van der Waals surface area contributed by atoms with Crippen LogP contribution in [0.5, 0.6) is 0 Å². The highest BCUT2D eigenvalue weighted by Gasteiger charge is 2.63. The van der Waals surface area contributed by atoms with E-state index in [9.17, 15) is 167 Å². The van der Waals surface area contributed by atoms with Gasteiger partial charge < -0.3 is 269 Å². The minimum atomic E-state index is -2.67. The van der Waals surface area contributed by atoms with Gasteiger partial charge in [0.2, 0.25) is 29.5 Å². The van der Waals surface area contributed by atoms with E-state index in [0.717, 1.165) is 34.6 Å². The summed E-state index contributed by atoms with van der Waals surface area (Å²) in [5, 5.41) is 328. The number of nitrogens with one attached hydrogen (secondary N) is 5. The zero-order chi connectivity index (χ0) is 99.4. The summed E-state index contributed by atoms with van der Waals surface area (Å²) in [6.45, 7) is -2.97. The minimum Gasteiger partial charge on any atom is -0.394 e. The molecule has 11 heterocycles. The van der Waals surface area contributed by atoms with Crippen LogP contribution in [-0.2, 0) is 123 Å². The van der Waals surface area contributed by atoms with Gasteiger partial charge in [0, 0.05) is 34.6 Å². The van der Waals surface area contributed by atoms with Gasteiger partial charge in [0.05, 0.1) is 71.7 Å². The van der Waals surface area contributed by atoms with E-state index in [1.807, 2.05) is 0 Å². The third kappa shape index (κ3) is 24.7. The monoisotopic (exact) mass is 1970 g/mol. The largest absolute Gasteiger partial charge is 0.394 e. The number of carbonyl (C=O) groups excluding carboxylic acids is 5. The van der Waals surface area contributed by atoms with Crippen LogP contribution in [0, 0.1) is 0 Å². The fourth-order valence-electron chi connectivity index (χ4n) is 17.6. The number of rotatable bonds is 34. The van der Waals surface area contributed by atoms with Crippen LogP contribution in [0.4, 0.5) is 0 Å². The molecule has 0 aromatic rings. The molecule has 0 aromatic carbocycles. The van der Waals surface area contributed by atoms with Crippen LogP contribution in [0.25, 0.3) is 0 Å². The first-order valence-corrected chi connectivity index (χ1v) is 43.4. The highest BCUT2D eigenvalue weighted by Crippen LogP contribution is 2.42. The Hall–Kier alpha value is -4.61. The zero-order valence-electron chi connectivity index (χ0n) is 73.3. The maximum atomic E-state index is 13.4. The molecule has 55 atom stereocenters. The van der Waals surface area contributed by atoms with E-state index < -0.39 is 426 Å². The Morgan fingerprint density at radius 1 is 0.207 bits per heavy atom. The van der Waals surface area contributed by atoms with Gasteiger partial charge in [0.15, 0.2) is 69.2 Å². The number of amides is 5. The minimum absolute atomic E-state index is 0.858. The van der Waals surface area contributed by atoms with Gasteiger partial charge in [0.25, 0.3) is 0 Å². The van der Waals surface area contributed by atoms with Gasteiger partial charge in [-0.3, -0.25) is 24.0 Å². The number of carbonyl (C=O) groups is 5. The fraction of sp³-hybridized carbons (Fsp3) is 0.934. The predicted octanol–water partition coefficient (Wildman–Crippen LogP) is -22.2. The maximum Gasteiger partial charge on any atom is 0.217 e. The molecule has 11 aliphatic heterocycles. The van der Waals surface area contributed by atoms with E-state index in [2.05, 4.69) is 26.6 Å². The normalized spacial score (nSPS) is 49.5. The van der Waals surface area contributed by atoms with Crippen molar-refractivity contribution in [3.63, 3.8) is 0 Å². The zero-order valence-corrected chi connectivity index (χ0v) is 73.3. The van der Waals surface area contributed by atoms with Crippen molar-refractivity contribution in [2.45, 2.75) is 386 Å². The Balaban J connectivity index is 0.925. The average Bonchev–Trinajstić information content (AvgIpc) is 0.745. The number of aliphatic hydroxyl groups is 28. The Labute approximate surface area is 765 Å². The Morgan fingerprint density at radius 2 is 0.467 bits per heavy atom. The standard InChI is InChI=1S/C76H127N5O54/c1-17-38(94)49(105)54(110)71(117-17)115-16-32-61(45(101)33(66(114)119-32)77-19(3)89)129-67-34(78-20(4)90)47(103)60(30(14-88)124-67)131-74-57(113)63(44(100)31(127-74)15-116-75-64(52(108)41(97)25(9-83)122-75)134-68-36(80-22(6)92)48(104)59(29(13-87)126-68)130-73-56(112)51(107)40(96)24(8-82)121-73)133-76-65(53(109)42(98)26(10-84)123-76)135-69-35(79-21(5)91)46(102)58(28(12-86)125-69)128-70-37(81-23(7)93)62(43(99)27(11-85)120-70)132-72-55(111)50(106)39(95)18(2)118-72/h17-18,24-76,82-88,94-114H,8-16H2,1-7H3,(H,77,89)(H,78,90)(H,79,91)(H,80,92)(H,81,93)/t17-,18-,24+,25+,26+,27+,28+,29+,30+,31+,32+,33+,34+,35+,36+,37+,38+,39+,40-,41+,42+,43-,44+,45+,46+,47+,48+,49+,50+,51-,52-,53-,54-,55-,56+,57-,58+,59+,60+,61+,62+,63-,64-,65-,66+,67-,68-,69-,70-,71+,72-,73-,74-,75-,76+/m0/s1. The van der Waals surface area contributed by atoms with Gasteiger partial charge in [-0.1, -0.05) is 0 Å². The van der Waals surface area contributed by atoms with Crippen LogP contribution in [0.15, 0.2) is 0 Å². The van der Waals surface area contributed by atoms with E-state index >= 15 is 0 Å². The summed E-state index contributed by atoms with van der Waals surface area (Å²) in [5.41, 5.74) is 0. The molecule has 11 saturated heterocycles. The van der Waals surface area contributed by atoms with Gasteiger partial charge in [-0.15, -0.1) is 0 Å². The lowest BCUT2D eigenvalue weighted by Crippen LogP contribution is -2.71. The van der Waals surface area contributed by atoms with Crippen LogP contribution in [0.2, 0.25) is 0 Å². The Kier molecular flexibility index (Phi) is 39.5. The first-order chi connectivity index (χ1) is 63.8. The van der Waals surface area contributed by atoms with Gasteiger partial charge in [0.1, 0.15) is 256 Å². The molecular weight excluding hydrogens is 1850 g/mol. The van der Waals surface area contributed by atoms with Crippen molar-refractivity contribution < 1.29 is 266 Å². The highest BCUT2D eigenvalue weighted by atomic mass is 16.8. The second-order valence-electron chi connectivity index (χ2n) is 34.5. The Bertz CT molecular complexity index is 3750. The summed E-state index contributed by atoms with van der Waals surface area (Å²) in [4.78, 5) is 65.2. The fourth-order valence-corrected chi connectivity index (χ4v) is 17.6. The average molecular weight is 1970 g/mol. The molecule has 0 radical (unpaired) electrons. The molecule has 0 spiro atoms. The Morgan fingerprint density at radius 3 is 0.896 bits per heavy atom. The lowest BCUT2D eigenvalue weighted by molar-refractivity contribution is -0.399. The lowest BCUT2D eigenvalue weighted by Gasteiger charge is -2.51. The first-order valence-electron chi connectivity index (χ1n) is 43.4. The molecule has 780 valence electrons. The summed E-state index contributed by atoms with van der Waals surface area (Å²) in [6.07, 6.45) is -103. The summed E-state index contributed by atoms with van der Waals surface area (Å²) in [5.74, 6) is -4.75. The summed E-state index contributed by atoms with van der Waals surface area (Å²) in [7, 11) is 0. The summed E-state index contributed by atoms with van der Waals surface area (Å²) < 4.78 is 126. The molecule has 11 aliphatic rings. The third-order valence-electron chi connectivity index (χ3n) is 24.9. The molecule has 0 unspecified atom stereocenters. The molecule has 11 fully saturated rings. The molecule has 59 nitrogen and oxygen atoms in total. The van der Waals surface area contributed by atoms with Crippen molar-refractivity contribution >= 4 is 29.5 Å². The van der Waals surface area contributed by atoms with Crippen molar-refractivity contribution in [3.05, 3.63) is 0 Å². The molecule has 5 amide bonds. The van der Waals surface area contributed by atoms with Crippen LogP contribution in [0.1, 0.15) is 48.5 Å². The van der Waals surface area contributed by atoms with Gasteiger partial charge in [-0.2, -0.15) is 0 Å². The summed E-state index contributed by atoms with van der Waals surface area (Å²) in [6, 6.07) is -9.66. The van der Waals surface area contributed by atoms with Crippen molar-refractivity contribution in [2.24, 2.45) is 0 Å². The van der Waals surface area contributed by atoms with E-state index in [1.54, 1.807) is 0 Å². The quantitative estimate of drug-likeness (QED) is 0.0284. The van der Waals surface area contributed by atoms with Gasteiger partial charge >= 0.3 is 0 Å². The molecule has 0 bridgehead atoms. The van der Waals surface area contributed by atoms with Crippen molar-refractivity contribution in [1.82, 2.24) is 26.6 Å².